The number of sulfone groups is 2. The molecule has 8 aliphatic carbocycles. The van der Waals surface area contributed by atoms with Gasteiger partial charge in [-0.2, -0.15) is 0 Å². The van der Waals surface area contributed by atoms with Crippen LogP contribution in [0.25, 0.3) is 0 Å². The number of nitrogens with one attached hydrogen (secondary N) is 5. The Morgan fingerprint density at radius 1 is 0.521 bits per heavy atom. The smallest absolute Gasteiger partial charge is 0.326 e. The van der Waals surface area contributed by atoms with Crippen molar-refractivity contribution in [1.29, 1.82) is 0 Å². The molecule has 25 nitrogen and oxygen atoms in total. The van der Waals surface area contributed by atoms with Crippen molar-refractivity contribution < 1.29 is 70.5 Å². The number of rotatable bonds is 23. The summed E-state index contributed by atoms with van der Waals surface area (Å²) in [6.45, 7) is 9.05. The number of primary amides is 2. The van der Waals surface area contributed by atoms with Crippen molar-refractivity contribution in [2.45, 2.75) is 269 Å². The molecule has 8 saturated carbocycles. The number of halogens is 1. The lowest BCUT2D eigenvalue weighted by atomic mass is 9.82. The van der Waals surface area contributed by atoms with E-state index in [4.69, 9.17) is 22.3 Å². The molecule has 2 heterocycles. The fourth-order valence-corrected chi connectivity index (χ4v) is 19.8. The molecule has 10 aliphatic rings. The maximum atomic E-state index is 14.5. The third kappa shape index (κ3) is 20.3. The third-order valence-electron chi connectivity index (χ3n) is 22.6. The maximum absolute atomic E-state index is 14.5. The van der Waals surface area contributed by atoms with E-state index in [1.807, 2.05) is 0 Å². The summed E-state index contributed by atoms with van der Waals surface area (Å²) >= 11 is 0. The molecule has 94 heavy (non-hydrogen) atoms. The number of piperidine rings is 2. The molecule has 9 amide bonds. The van der Waals surface area contributed by atoms with Gasteiger partial charge in [0, 0.05) is 37.6 Å². The van der Waals surface area contributed by atoms with E-state index < -0.39 is 115 Å². The number of fused-ring (bicyclic) bond motifs is 2. The Morgan fingerprint density at radius 2 is 0.872 bits per heavy atom. The number of nitrogens with two attached hydrogens (primary N) is 3. The summed E-state index contributed by atoms with van der Waals surface area (Å²) in [6, 6.07) is -5.73. The van der Waals surface area contributed by atoms with Crippen molar-refractivity contribution in [2.24, 2.45) is 75.4 Å². The van der Waals surface area contributed by atoms with Gasteiger partial charge in [-0.15, -0.1) is 12.4 Å². The second kappa shape index (κ2) is 32.4. The molecule has 12 atom stereocenters. The Balaban J connectivity index is 0.000000290. The number of carboxylic acids is 1. The quantitative estimate of drug-likeness (QED) is 0.0654. The Labute approximate surface area is 565 Å². The van der Waals surface area contributed by atoms with Crippen molar-refractivity contribution in [3.05, 3.63) is 0 Å². The molecule has 0 aromatic rings. The van der Waals surface area contributed by atoms with Gasteiger partial charge >= 0.3 is 18.0 Å². The minimum Gasteiger partial charge on any atom is -0.480 e. The molecule has 0 spiro atoms. The number of carboxylic acid groups (broad SMARTS) is 1. The van der Waals surface area contributed by atoms with Crippen LogP contribution in [-0.4, -0.2) is 186 Å². The summed E-state index contributed by atoms with van der Waals surface area (Å²) in [5.41, 5.74) is 13.8. The van der Waals surface area contributed by atoms with Crippen molar-refractivity contribution in [3.63, 3.8) is 0 Å². The highest BCUT2D eigenvalue weighted by Crippen LogP contribution is 2.66. The van der Waals surface area contributed by atoms with Gasteiger partial charge in [0.25, 0.3) is 0 Å². The van der Waals surface area contributed by atoms with Crippen LogP contribution in [0.3, 0.4) is 0 Å². The van der Waals surface area contributed by atoms with Crippen LogP contribution in [0.5, 0.6) is 0 Å². The monoisotopic (exact) mass is 1390 g/mol. The van der Waals surface area contributed by atoms with Gasteiger partial charge < -0.3 is 68.9 Å². The zero-order valence-corrected chi connectivity index (χ0v) is 57.5. The third-order valence-corrected chi connectivity index (χ3v) is 24.7. The first-order chi connectivity index (χ1) is 42.6. The summed E-state index contributed by atoms with van der Waals surface area (Å²) in [5.74, 6) is -3.05. The summed E-state index contributed by atoms with van der Waals surface area (Å²) in [4.78, 5) is 107. The van der Waals surface area contributed by atoms with Gasteiger partial charge in [0.1, 0.15) is 49.9 Å². The Hall–Kier alpha value is -4.57. The first kappa shape index (κ1) is 80.1. The van der Waals surface area contributed by atoms with Crippen LogP contribution in [0, 0.1) is 58.2 Å². The molecule has 0 aromatic carbocycles. The molecular weight excluding hydrogens is 1270 g/mol. The van der Waals surface area contributed by atoms with Crippen LogP contribution in [-0.2, 0) is 48.4 Å². The molecule has 0 aromatic heterocycles. The molecular formula is C66H117ClN10O15S2. The van der Waals surface area contributed by atoms with Crippen LogP contribution in [0.15, 0.2) is 0 Å². The summed E-state index contributed by atoms with van der Waals surface area (Å²) in [7, 11) is -6.69. The Morgan fingerprint density at radius 3 is 1.22 bits per heavy atom. The normalized spacial score (nSPS) is 28.2. The van der Waals surface area contributed by atoms with Crippen molar-refractivity contribution in [1.82, 2.24) is 36.4 Å². The lowest BCUT2D eigenvalue weighted by Crippen LogP contribution is -2.63. The molecule has 540 valence electrons. The number of amides is 9. The molecule has 2 saturated heterocycles. The zero-order valence-electron chi connectivity index (χ0n) is 55.0. The van der Waals surface area contributed by atoms with Crippen LogP contribution in [0.2, 0.25) is 0 Å². The second-order valence-electron chi connectivity index (χ2n) is 30.7. The van der Waals surface area contributed by atoms with Gasteiger partial charge in [-0.3, -0.25) is 24.0 Å². The summed E-state index contributed by atoms with van der Waals surface area (Å²) < 4.78 is 48.9. The SMILES string of the molecule is C.C.CC1(C)C2CN(C(=O)[C@@H](NC(=O)NC3(CS(C)(=O)=O)CCCCC3)C3CCCCC3)[C@H](C(=O)NC(CC3CC3)C(O)C(N)=O)[C@H]21.CC1(C)C2CN(C(=O)[C@@H](NC(=O)NC3(CS(C)(=O)=O)CCCCC3)C3CCCCC3)[C@H](C(=O)O)[C@H]21.Cl.NC(=O)C(O)C(N)CC1CC1. The van der Waals surface area contributed by atoms with E-state index >= 15 is 0 Å². The number of nitrogens with zero attached hydrogens (tertiary/aromatic N) is 2. The highest BCUT2D eigenvalue weighted by atomic mass is 35.5. The minimum absolute atomic E-state index is 0. The van der Waals surface area contributed by atoms with E-state index in [1.54, 1.807) is 4.90 Å². The second-order valence-corrected chi connectivity index (χ2v) is 35.0. The predicted octanol–water partition coefficient (Wildman–Crippen LogP) is 4.80. The first-order valence-corrected chi connectivity index (χ1v) is 38.1. The number of carbonyl (C=O) groups is 8. The number of aliphatic carboxylic acids is 1. The van der Waals surface area contributed by atoms with Crippen LogP contribution in [0.1, 0.15) is 209 Å². The topological polar surface area (TPSA) is 410 Å². The number of hydrogen-bond donors (Lipinski definition) is 11. The van der Waals surface area contributed by atoms with Gasteiger partial charge in [0.2, 0.25) is 29.5 Å². The first-order valence-electron chi connectivity index (χ1n) is 33.9. The largest absolute Gasteiger partial charge is 0.480 e. The number of carbonyl (C=O) groups excluding carboxylic acids is 7. The van der Waals surface area contributed by atoms with Crippen LogP contribution in [0.4, 0.5) is 9.59 Å². The van der Waals surface area contributed by atoms with Crippen LogP contribution >= 0.6 is 12.4 Å². The number of hydrogen-bond acceptors (Lipinski definition) is 15. The fraction of sp³-hybridized carbons (Fsp3) is 0.879. The number of likely N-dealkylation sites (tertiary alicyclic amines) is 2. The fourth-order valence-electron chi connectivity index (χ4n) is 17.1. The maximum Gasteiger partial charge on any atom is 0.326 e. The van der Waals surface area contributed by atoms with E-state index in [0.717, 1.165) is 116 Å². The van der Waals surface area contributed by atoms with Gasteiger partial charge in [-0.1, -0.05) is 145 Å². The standard InChI is InChI=1S/C32H53N5O7S.C25H41N3O6S.C7H14N2O2.2CH4.ClH/c1-31(2)21-17-37(25(23(21)31)28(40)34-22(16-19-12-13-19)26(38)27(33)39)29(41)24(20-10-6-4-7-11-20)35-30(42)36-32(18-45(3,43)44)14-8-5-9-15-32;1-24(2)17-14-28(20(18(17)24)22(30)31)21(29)19(16-10-6-4-7-11-16)26-23(32)27-25(15-35(3,33)34)12-8-5-9-13-25;8-5(3-4-1-2-4)6(10)7(9)11;;;/h19-26,38H,4-18H2,1-3H3,(H2,33,39)(H,34,40)(H2,35,36,42);16-20H,4-15H2,1-3H3,(H,30,31)(H2,26,27,32);4-6,10H,1-3,8H2,(H2,9,11);2*1H4;1H/t21?,22?,23-,24-,25-,26?;17?,18-,19-,20-;;;;/m00..../s1. The van der Waals surface area contributed by atoms with E-state index in [1.165, 1.54) is 30.3 Å². The molecule has 2 aliphatic heterocycles. The molecule has 0 radical (unpaired) electrons. The highest BCUT2D eigenvalue weighted by molar-refractivity contribution is 7.91. The number of urea groups is 2. The molecule has 28 heteroatoms. The highest BCUT2D eigenvalue weighted by Gasteiger charge is 2.71. The predicted molar refractivity (Wildman–Crippen MR) is 361 cm³/mol. The summed E-state index contributed by atoms with van der Waals surface area (Å²) in [5, 5.41) is 44.3. The van der Waals surface area contributed by atoms with Gasteiger partial charge in [0.05, 0.1) is 28.6 Å². The minimum atomic E-state index is -3.37. The zero-order chi connectivity index (χ0) is 66.8. The average molecular weight is 1390 g/mol. The van der Waals surface area contributed by atoms with Gasteiger partial charge in [-0.25, -0.2) is 31.2 Å². The van der Waals surface area contributed by atoms with Gasteiger partial charge in [0.15, 0.2) is 6.10 Å². The van der Waals surface area contributed by atoms with E-state index in [-0.39, 0.29) is 96.9 Å². The lowest BCUT2D eigenvalue weighted by molar-refractivity contribution is -0.151. The molecule has 0 bridgehead atoms. The van der Waals surface area contributed by atoms with Gasteiger partial charge in [-0.05, 0) is 116 Å². The molecule has 10 fully saturated rings. The molecule has 6 unspecified atom stereocenters. The van der Waals surface area contributed by atoms with Crippen molar-refractivity contribution >= 4 is 79.6 Å². The summed E-state index contributed by atoms with van der Waals surface area (Å²) in [6.07, 6.45) is 21.7. The van der Waals surface area contributed by atoms with Crippen molar-refractivity contribution in [2.75, 3.05) is 37.1 Å². The molecule has 14 N–H and O–H groups in total. The number of aliphatic hydroxyl groups excluding tert-OH is 2. The van der Waals surface area contributed by atoms with Crippen LogP contribution < -0.4 is 43.8 Å². The number of aliphatic hydroxyl groups is 2. The van der Waals surface area contributed by atoms with Crippen molar-refractivity contribution in [3.8, 4) is 0 Å². The Kier molecular flexibility index (Phi) is 27.6. The molecule has 10 rings (SSSR count). The van der Waals surface area contributed by atoms with E-state index in [2.05, 4.69) is 54.3 Å². The van der Waals surface area contributed by atoms with E-state index in [9.17, 15) is 65.4 Å². The Bertz CT molecular complexity index is 2890. The average Bonchev–Trinajstić information content (AvgIpc) is 1.53. The van der Waals surface area contributed by atoms with E-state index in [0.29, 0.717) is 63.5 Å². The lowest BCUT2D eigenvalue weighted by Gasteiger charge is -2.40.